The van der Waals surface area contributed by atoms with Crippen LogP contribution in [0.4, 0.5) is 5.69 Å². The fraction of sp³-hybridized carbons (Fsp3) is 0.235. The van der Waals surface area contributed by atoms with Gasteiger partial charge >= 0.3 is 0 Å². The average molecular weight is 362 g/mol. The van der Waals surface area contributed by atoms with Gasteiger partial charge in [-0.3, -0.25) is 14.9 Å². The second-order valence-corrected chi connectivity index (χ2v) is 7.72. The Kier molecular flexibility index (Phi) is 5.22. The van der Waals surface area contributed by atoms with Crippen LogP contribution in [0.15, 0.2) is 53.4 Å². The van der Waals surface area contributed by atoms with Crippen LogP contribution in [0.2, 0.25) is 0 Å². The zero-order valence-corrected chi connectivity index (χ0v) is 14.9. The molecule has 0 aliphatic carbocycles. The summed E-state index contributed by atoms with van der Waals surface area (Å²) in [6, 6.07) is 11.6. The lowest BCUT2D eigenvalue weighted by Gasteiger charge is -2.25. The third kappa shape index (κ3) is 4.03. The number of hydrogen-bond acceptors (Lipinski definition) is 5. The SMILES string of the molecule is CC(c1ccc(S(C)(=O)=O)cc1)N(C)C(=O)c1ccccc1[N+](=O)[O-]. The summed E-state index contributed by atoms with van der Waals surface area (Å²) >= 11 is 0. The minimum absolute atomic E-state index is 0.00889. The Morgan fingerprint density at radius 3 is 2.20 bits per heavy atom. The van der Waals surface area contributed by atoms with Crippen LogP contribution in [-0.4, -0.2) is 37.5 Å². The molecule has 0 N–H and O–H groups in total. The first kappa shape index (κ1) is 18.6. The maximum Gasteiger partial charge on any atom is 0.282 e. The minimum Gasteiger partial charge on any atom is -0.335 e. The first-order chi connectivity index (χ1) is 11.6. The van der Waals surface area contributed by atoms with Gasteiger partial charge in [0.15, 0.2) is 9.84 Å². The molecule has 2 aromatic rings. The Bertz CT molecular complexity index is 907. The van der Waals surface area contributed by atoms with E-state index >= 15 is 0 Å². The van der Waals surface area contributed by atoms with Gasteiger partial charge < -0.3 is 4.90 Å². The molecule has 0 saturated heterocycles. The molecule has 1 amide bonds. The number of nitro groups is 1. The summed E-state index contributed by atoms with van der Waals surface area (Å²) in [4.78, 5) is 24.7. The van der Waals surface area contributed by atoms with Crippen LogP contribution in [-0.2, 0) is 9.84 Å². The molecule has 0 radical (unpaired) electrons. The molecule has 0 spiro atoms. The molecular weight excluding hydrogens is 344 g/mol. The first-order valence-corrected chi connectivity index (χ1v) is 9.32. The van der Waals surface area contributed by atoms with E-state index in [0.717, 1.165) is 11.8 Å². The molecule has 0 fully saturated rings. The summed E-state index contributed by atoms with van der Waals surface area (Å²) < 4.78 is 23.0. The normalized spacial score (nSPS) is 12.4. The van der Waals surface area contributed by atoms with Gasteiger partial charge in [0.2, 0.25) is 0 Å². The van der Waals surface area contributed by atoms with Crippen LogP contribution < -0.4 is 0 Å². The van der Waals surface area contributed by atoms with Crippen molar-refractivity contribution in [2.24, 2.45) is 0 Å². The number of carbonyl (C=O) groups excluding carboxylic acids is 1. The van der Waals surface area contributed by atoms with Gasteiger partial charge in [0.25, 0.3) is 11.6 Å². The second kappa shape index (κ2) is 7.02. The highest BCUT2D eigenvalue weighted by Crippen LogP contribution is 2.25. The highest BCUT2D eigenvalue weighted by atomic mass is 32.2. The van der Waals surface area contributed by atoms with Crippen LogP contribution in [0.25, 0.3) is 0 Å². The summed E-state index contributed by atoms with van der Waals surface area (Å²) in [5, 5.41) is 11.1. The average Bonchev–Trinajstić information content (AvgIpc) is 2.59. The van der Waals surface area contributed by atoms with Gasteiger partial charge in [-0.05, 0) is 30.7 Å². The summed E-state index contributed by atoms with van der Waals surface area (Å²) in [7, 11) is -1.75. The molecule has 0 aromatic heterocycles. The van der Waals surface area contributed by atoms with E-state index in [1.807, 2.05) is 0 Å². The molecule has 132 valence electrons. The monoisotopic (exact) mass is 362 g/mol. The van der Waals surface area contributed by atoms with Crippen LogP contribution >= 0.6 is 0 Å². The third-order valence-electron chi connectivity index (χ3n) is 4.02. The number of para-hydroxylation sites is 1. The van der Waals surface area contributed by atoms with E-state index in [9.17, 15) is 23.3 Å². The van der Waals surface area contributed by atoms with Gasteiger partial charge in [-0.25, -0.2) is 8.42 Å². The number of amides is 1. The molecule has 25 heavy (non-hydrogen) atoms. The highest BCUT2D eigenvalue weighted by molar-refractivity contribution is 7.90. The molecule has 1 atom stereocenters. The molecule has 0 heterocycles. The molecule has 0 saturated carbocycles. The van der Waals surface area contributed by atoms with Crippen molar-refractivity contribution in [2.75, 3.05) is 13.3 Å². The van der Waals surface area contributed by atoms with E-state index in [1.54, 1.807) is 32.2 Å². The van der Waals surface area contributed by atoms with Crippen LogP contribution in [0.1, 0.15) is 28.9 Å². The van der Waals surface area contributed by atoms with Crippen LogP contribution in [0, 0.1) is 10.1 Å². The zero-order chi connectivity index (χ0) is 18.8. The van der Waals surface area contributed by atoms with Crippen molar-refractivity contribution >= 4 is 21.4 Å². The molecule has 2 rings (SSSR count). The van der Waals surface area contributed by atoms with Crippen molar-refractivity contribution in [1.82, 2.24) is 4.90 Å². The Morgan fingerprint density at radius 2 is 1.68 bits per heavy atom. The smallest absolute Gasteiger partial charge is 0.282 e. The summed E-state index contributed by atoms with van der Waals surface area (Å²) in [6.45, 7) is 1.77. The summed E-state index contributed by atoms with van der Waals surface area (Å²) in [5.41, 5.74) is 0.482. The molecule has 2 aromatic carbocycles. The Balaban J connectivity index is 2.29. The van der Waals surface area contributed by atoms with Crippen molar-refractivity contribution < 1.29 is 18.1 Å². The Labute approximate surface area is 146 Å². The van der Waals surface area contributed by atoms with Gasteiger partial charge in [0.05, 0.1) is 15.9 Å². The van der Waals surface area contributed by atoms with E-state index in [4.69, 9.17) is 0 Å². The van der Waals surface area contributed by atoms with Crippen molar-refractivity contribution in [3.63, 3.8) is 0 Å². The number of rotatable bonds is 5. The molecule has 7 nitrogen and oxygen atoms in total. The van der Waals surface area contributed by atoms with Gasteiger partial charge in [-0.2, -0.15) is 0 Å². The summed E-state index contributed by atoms with van der Waals surface area (Å²) in [5.74, 6) is -0.480. The predicted molar refractivity (Wildman–Crippen MR) is 93.2 cm³/mol. The number of nitrogens with zero attached hydrogens (tertiary/aromatic N) is 2. The van der Waals surface area contributed by atoms with E-state index in [1.165, 1.54) is 35.2 Å². The fourth-order valence-electron chi connectivity index (χ4n) is 2.40. The second-order valence-electron chi connectivity index (χ2n) is 5.71. The Hall–Kier alpha value is -2.74. The number of benzene rings is 2. The fourth-order valence-corrected chi connectivity index (χ4v) is 3.03. The third-order valence-corrected chi connectivity index (χ3v) is 5.15. The topological polar surface area (TPSA) is 97.6 Å². The standard InChI is InChI=1S/C17H18N2O5S/c1-12(13-8-10-14(11-9-13)25(3,23)24)18(2)17(20)15-6-4-5-7-16(15)19(21)22/h4-12H,1-3H3. The van der Waals surface area contributed by atoms with Gasteiger partial charge in [0, 0.05) is 19.4 Å². The molecule has 0 aliphatic heterocycles. The lowest BCUT2D eigenvalue weighted by molar-refractivity contribution is -0.385. The van der Waals surface area contributed by atoms with Crippen molar-refractivity contribution in [3.8, 4) is 0 Å². The van der Waals surface area contributed by atoms with Gasteiger partial charge in [0.1, 0.15) is 5.56 Å². The van der Waals surface area contributed by atoms with Gasteiger partial charge in [-0.15, -0.1) is 0 Å². The Morgan fingerprint density at radius 1 is 1.12 bits per heavy atom. The summed E-state index contributed by atoms with van der Waals surface area (Å²) in [6.07, 6.45) is 1.12. The lowest BCUT2D eigenvalue weighted by atomic mass is 10.1. The van der Waals surface area contributed by atoms with Crippen LogP contribution in [0.5, 0.6) is 0 Å². The van der Waals surface area contributed by atoms with E-state index in [0.29, 0.717) is 0 Å². The van der Waals surface area contributed by atoms with E-state index in [2.05, 4.69) is 0 Å². The molecular formula is C17H18N2O5S. The van der Waals surface area contributed by atoms with E-state index < -0.39 is 20.7 Å². The number of hydrogen-bond donors (Lipinski definition) is 0. The first-order valence-electron chi connectivity index (χ1n) is 7.43. The predicted octanol–water partition coefficient (Wildman–Crippen LogP) is 2.83. The van der Waals surface area contributed by atoms with Crippen molar-refractivity contribution in [1.29, 1.82) is 0 Å². The molecule has 8 heteroatoms. The van der Waals surface area contributed by atoms with Crippen molar-refractivity contribution in [3.05, 3.63) is 69.8 Å². The van der Waals surface area contributed by atoms with E-state index in [-0.39, 0.29) is 22.2 Å². The number of sulfone groups is 1. The highest BCUT2D eigenvalue weighted by Gasteiger charge is 2.25. The largest absolute Gasteiger partial charge is 0.335 e. The lowest BCUT2D eigenvalue weighted by Crippen LogP contribution is -2.30. The number of nitro benzene ring substituents is 1. The van der Waals surface area contributed by atoms with Crippen molar-refractivity contribution in [2.45, 2.75) is 17.9 Å². The maximum atomic E-state index is 12.6. The minimum atomic E-state index is -3.30. The molecule has 1 unspecified atom stereocenters. The molecule has 0 aliphatic rings. The quantitative estimate of drug-likeness (QED) is 0.602. The number of carbonyl (C=O) groups is 1. The maximum absolute atomic E-state index is 12.6. The molecule has 0 bridgehead atoms. The zero-order valence-electron chi connectivity index (χ0n) is 14.0. The van der Waals surface area contributed by atoms with Gasteiger partial charge in [-0.1, -0.05) is 24.3 Å². The van der Waals surface area contributed by atoms with Crippen LogP contribution in [0.3, 0.4) is 0 Å².